The summed E-state index contributed by atoms with van der Waals surface area (Å²) in [6.45, 7) is 1.91. The molecule has 5 atom stereocenters. The van der Waals surface area contributed by atoms with Gasteiger partial charge in [0.25, 0.3) is 0 Å². The molecule has 0 spiro atoms. The van der Waals surface area contributed by atoms with Gasteiger partial charge in [0.1, 0.15) is 30.3 Å². The van der Waals surface area contributed by atoms with E-state index < -0.39 is 35.8 Å². The SMILES string of the molecule is CC(=O)OC[C@H]1OC(Sc2ccccc2)[C@H](N=[N+]=[N-])[C@@H](OCc2ccccc2)[C@H]1OCc1ccccc1. The molecule has 1 saturated heterocycles. The standard InChI is InChI=1S/C28H29N3O5S/c1-20(32)33-19-24-26(34-17-21-11-5-2-6-12-21)27(35-18-22-13-7-3-8-14-22)25(30-31-29)28(36-24)37-23-15-9-4-10-16-23/h2-16,24-28H,17-19H2,1H3/t24-,25-,26+,27-,28?/m1/s1. The molecule has 4 rings (SSSR count). The molecule has 1 heterocycles. The normalized spacial score (nSPS) is 23.1. The smallest absolute Gasteiger partial charge is 0.302 e. The van der Waals surface area contributed by atoms with Crippen molar-refractivity contribution in [3.05, 3.63) is 113 Å². The van der Waals surface area contributed by atoms with Gasteiger partial charge >= 0.3 is 5.97 Å². The fourth-order valence-corrected chi connectivity index (χ4v) is 5.19. The van der Waals surface area contributed by atoms with Crippen LogP contribution in [0.25, 0.3) is 10.4 Å². The van der Waals surface area contributed by atoms with Gasteiger partial charge in [-0.05, 0) is 28.8 Å². The third kappa shape index (κ3) is 7.82. The van der Waals surface area contributed by atoms with Crippen LogP contribution < -0.4 is 0 Å². The predicted molar refractivity (Wildman–Crippen MR) is 141 cm³/mol. The van der Waals surface area contributed by atoms with Gasteiger partial charge < -0.3 is 18.9 Å². The Morgan fingerprint density at radius 2 is 1.43 bits per heavy atom. The molecule has 0 N–H and O–H groups in total. The topological polar surface area (TPSA) is 103 Å². The minimum atomic E-state index is -0.701. The fourth-order valence-electron chi connectivity index (χ4n) is 4.06. The van der Waals surface area contributed by atoms with Crippen molar-refractivity contribution < 1.29 is 23.7 Å². The van der Waals surface area contributed by atoms with Crippen LogP contribution in [0.1, 0.15) is 18.1 Å². The molecule has 0 aliphatic carbocycles. The molecule has 1 aliphatic rings. The highest BCUT2D eigenvalue weighted by atomic mass is 32.2. The van der Waals surface area contributed by atoms with Crippen LogP contribution in [0.5, 0.6) is 0 Å². The molecule has 1 unspecified atom stereocenters. The monoisotopic (exact) mass is 519 g/mol. The molecule has 0 aromatic heterocycles. The zero-order valence-corrected chi connectivity index (χ0v) is 21.3. The number of hydrogen-bond donors (Lipinski definition) is 0. The number of carbonyl (C=O) groups excluding carboxylic acids is 1. The number of thioether (sulfide) groups is 1. The lowest BCUT2D eigenvalue weighted by molar-refractivity contribution is -0.210. The summed E-state index contributed by atoms with van der Waals surface area (Å²) in [6, 6.07) is 28.5. The maximum atomic E-state index is 11.7. The first kappa shape index (κ1) is 26.7. The first-order valence-corrected chi connectivity index (χ1v) is 12.9. The first-order valence-electron chi connectivity index (χ1n) is 12.0. The Bertz CT molecular complexity index is 1160. The van der Waals surface area contributed by atoms with Crippen LogP contribution in [0.15, 0.2) is 101 Å². The van der Waals surface area contributed by atoms with E-state index >= 15 is 0 Å². The van der Waals surface area contributed by atoms with E-state index in [2.05, 4.69) is 10.0 Å². The minimum absolute atomic E-state index is 0.0190. The summed E-state index contributed by atoms with van der Waals surface area (Å²) < 4.78 is 24.5. The Labute approximate surface area is 220 Å². The van der Waals surface area contributed by atoms with Crippen molar-refractivity contribution in [2.75, 3.05) is 6.61 Å². The Balaban J connectivity index is 1.65. The zero-order chi connectivity index (χ0) is 25.9. The predicted octanol–water partition coefficient (Wildman–Crippen LogP) is 5.92. The van der Waals surface area contributed by atoms with Crippen LogP contribution in [0.3, 0.4) is 0 Å². The van der Waals surface area contributed by atoms with E-state index in [1.54, 1.807) is 0 Å². The molecule has 1 fully saturated rings. The van der Waals surface area contributed by atoms with Crippen LogP contribution in [0, 0.1) is 0 Å². The summed E-state index contributed by atoms with van der Waals surface area (Å²) in [5, 5.41) is 4.11. The van der Waals surface area contributed by atoms with Gasteiger partial charge in [-0.1, -0.05) is 95.7 Å². The largest absolute Gasteiger partial charge is 0.463 e. The Morgan fingerprint density at radius 1 is 0.892 bits per heavy atom. The molecular weight excluding hydrogens is 490 g/mol. The number of esters is 1. The molecule has 0 radical (unpaired) electrons. The van der Waals surface area contributed by atoms with Gasteiger partial charge in [0.05, 0.1) is 19.3 Å². The van der Waals surface area contributed by atoms with Gasteiger partial charge in [-0.25, -0.2) is 0 Å². The van der Waals surface area contributed by atoms with Crippen molar-refractivity contribution >= 4 is 17.7 Å². The van der Waals surface area contributed by atoms with Gasteiger partial charge in [0.2, 0.25) is 0 Å². The molecule has 8 nitrogen and oxygen atoms in total. The summed E-state index contributed by atoms with van der Waals surface area (Å²) in [7, 11) is 0. The Hall–Kier alpha value is -3.33. The molecule has 0 saturated carbocycles. The van der Waals surface area contributed by atoms with Crippen LogP contribution in [0.2, 0.25) is 0 Å². The number of carbonyl (C=O) groups is 1. The molecule has 37 heavy (non-hydrogen) atoms. The lowest BCUT2D eigenvalue weighted by Crippen LogP contribution is -2.59. The summed E-state index contributed by atoms with van der Waals surface area (Å²) >= 11 is 1.43. The van der Waals surface area contributed by atoms with Crippen LogP contribution in [-0.2, 0) is 37.0 Å². The molecule has 1 aliphatic heterocycles. The van der Waals surface area contributed by atoms with Crippen molar-refractivity contribution in [3.63, 3.8) is 0 Å². The third-order valence-electron chi connectivity index (χ3n) is 5.82. The number of nitrogens with zero attached hydrogens (tertiary/aromatic N) is 3. The lowest BCUT2D eigenvalue weighted by atomic mass is 9.97. The third-order valence-corrected chi connectivity index (χ3v) is 6.98. The van der Waals surface area contributed by atoms with E-state index in [9.17, 15) is 10.3 Å². The summed E-state index contributed by atoms with van der Waals surface area (Å²) in [5.74, 6) is -0.420. The van der Waals surface area contributed by atoms with Gasteiger partial charge in [-0.2, -0.15) is 0 Å². The lowest BCUT2D eigenvalue weighted by Gasteiger charge is -2.44. The van der Waals surface area contributed by atoms with Gasteiger partial charge in [0, 0.05) is 16.7 Å². The first-order chi connectivity index (χ1) is 18.1. The number of ether oxygens (including phenoxy) is 4. The molecule has 3 aromatic carbocycles. The van der Waals surface area contributed by atoms with E-state index in [0.717, 1.165) is 16.0 Å². The molecule has 9 heteroatoms. The fraction of sp³-hybridized carbons (Fsp3) is 0.321. The van der Waals surface area contributed by atoms with Gasteiger partial charge in [-0.3, -0.25) is 4.79 Å². The summed E-state index contributed by atoms with van der Waals surface area (Å²) in [4.78, 5) is 15.7. The van der Waals surface area contributed by atoms with E-state index in [0.29, 0.717) is 0 Å². The summed E-state index contributed by atoms with van der Waals surface area (Å²) in [6.07, 6.45) is -1.96. The average molecular weight is 520 g/mol. The Morgan fingerprint density at radius 3 is 1.97 bits per heavy atom. The highest BCUT2D eigenvalue weighted by molar-refractivity contribution is 7.99. The van der Waals surface area contributed by atoms with E-state index in [4.69, 9.17) is 18.9 Å². The van der Waals surface area contributed by atoms with E-state index in [1.165, 1.54) is 18.7 Å². The van der Waals surface area contributed by atoms with Gasteiger partial charge in [0.15, 0.2) is 0 Å². The number of hydrogen-bond acceptors (Lipinski definition) is 7. The maximum absolute atomic E-state index is 11.7. The highest BCUT2D eigenvalue weighted by Gasteiger charge is 2.48. The van der Waals surface area contributed by atoms with Crippen molar-refractivity contribution in [2.45, 2.75) is 54.8 Å². The van der Waals surface area contributed by atoms with Crippen LogP contribution in [0.4, 0.5) is 0 Å². The summed E-state index contributed by atoms with van der Waals surface area (Å²) in [5.41, 5.74) is 10.8. The average Bonchev–Trinajstić information content (AvgIpc) is 2.93. The van der Waals surface area contributed by atoms with Crippen LogP contribution >= 0.6 is 11.8 Å². The highest BCUT2D eigenvalue weighted by Crippen LogP contribution is 2.38. The number of benzene rings is 3. The molecule has 0 bridgehead atoms. The quantitative estimate of drug-likeness (QED) is 0.135. The zero-order valence-electron chi connectivity index (χ0n) is 20.5. The molecule has 3 aromatic rings. The van der Waals surface area contributed by atoms with Gasteiger partial charge in [-0.15, -0.1) is 0 Å². The molecular formula is C28H29N3O5S. The van der Waals surface area contributed by atoms with Crippen molar-refractivity contribution in [3.8, 4) is 0 Å². The van der Waals surface area contributed by atoms with Crippen molar-refractivity contribution in [1.82, 2.24) is 0 Å². The second-order valence-electron chi connectivity index (χ2n) is 8.49. The van der Waals surface area contributed by atoms with Crippen molar-refractivity contribution in [2.24, 2.45) is 5.11 Å². The second-order valence-corrected chi connectivity index (χ2v) is 9.67. The van der Waals surface area contributed by atoms with E-state index in [1.807, 2.05) is 91.0 Å². The Kier molecular flexibility index (Phi) is 9.99. The van der Waals surface area contributed by atoms with Crippen LogP contribution in [-0.4, -0.2) is 42.4 Å². The maximum Gasteiger partial charge on any atom is 0.302 e. The van der Waals surface area contributed by atoms with E-state index in [-0.39, 0.29) is 19.8 Å². The number of azide groups is 1. The minimum Gasteiger partial charge on any atom is -0.463 e. The number of rotatable bonds is 11. The molecule has 0 amide bonds. The molecule has 192 valence electrons. The van der Waals surface area contributed by atoms with Crippen molar-refractivity contribution in [1.29, 1.82) is 0 Å². The second kappa shape index (κ2) is 13.8.